The van der Waals surface area contributed by atoms with Crippen molar-refractivity contribution < 1.29 is 19.1 Å². The summed E-state index contributed by atoms with van der Waals surface area (Å²) in [5.74, 6) is 2.53. The average molecular weight is 497 g/mol. The maximum absolute atomic E-state index is 12.7. The summed E-state index contributed by atoms with van der Waals surface area (Å²) in [5.41, 5.74) is 0.854. The molecule has 0 aromatic heterocycles. The van der Waals surface area contributed by atoms with Gasteiger partial charge < -0.3 is 14.8 Å². The van der Waals surface area contributed by atoms with Gasteiger partial charge in [-0.15, -0.1) is 0 Å². The first-order valence-electron chi connectivity index (χ1n) is 10.3. The van der Waals surface area contributed by atoms with Gasteiger partial charge in [-0.05, 0) is 43.0 Å². The van der Waals surface area contributed by atoms with Crippen LogP contribution in [0.4, 0.5) is 0 Å². The highest BCUT2D eigenvalue weighted by atomic mass is 33.1. The molecule has 0 radical (unpaired) electrons. The van der Waals surface area contributed by atoms with Crippen LogP contribution in [0.3, 0.4) is 0 Å². The second-order valence-electron chi connectivity index (χ2n) is 7.37. The van der Waals surface area contributed by atoms with Crippen molar-refractivity contribution in [2.45, 2.75) is 37.4 Å². The van der Waals surface area contributed by atoms with E-state index in [1.54, 1.807) is 11.0 Å². The number of carbonyl (C=O) groups is 2. The molecule has 0 bridgehead atoms. The van der Waals surface area contributed by atoms with Crippen LogP contribution in [0.25, 0.3) is 6.08 Å². The van der Waals surface area contributed by atoms with E-state index < -0.39 is 0 Å². The van der Waals surface area contributed by atoms with Crippen molar-refractivity contribution in [2.75, 3.05) is 25.6 Å². The summed E-state index contributed by atoms with van der Waals surface area (Å²) in [7, 11) is 3.94. The number of hydrogen-bond donors (Lipinski definition) is 1. The first-order valence-corrected chi connectivity index (χ1v) is 13.9. The molecule has 2 fully saturated rings. The standard InChI is InChI=1S/C21H24N2O4S4/c24-19(4-2-1-3-15-7-10-29-31-15)22-8-9-23-20(25)18(30-21(23)28)12-14-5-6-16-17(11-14)27-13-26-16/h5-6,11-12,15H,1-4,7-10,13H2,(H,22,24)/b18-12+. The van der Waals surface area contributed by atoms with Crippen molar-refractivity contribution in [1.82, 2.24) is 10.2 Å². The van der Waals surface area contributed by atoms with E-state index in [1.165, 1.54) is 30.4 Å². The predicted molar refractivity (Wildman–Crippen MR) is 132 cm³/mol. The van der Waals surface area contributed by atoms with Crippen LogP contribution >= 0.6 is 45.6 Å². The number of rotatable bonds is 9. The molecule has 3 heterocycles. The maximum Gasteiger partial charge on any atom is 0.266 e. The Morgan fingerprint density at radius 3 is 3.00 bits per heavy atom. The van der Waals surface area contributed by atoms with E-state index in [-0.39, 0.29) is 18.6 Å². The van der Waals surface area contributed by atoms with Gasteiger partial charge in [-0.3, -0.25) is 14.5 Å². The van der Waals surface area contributed by atoms with Gasteiger partial charge in [0.05, 0.1) is 4.91 Å². The summed E-state index contributed by atoms with van der Waals surface area (Å²) in [6, 6.07) is 5.56. The molecule has 0 aliphatic carbocycles. The number of nitrogens with one attached hydrogen (secondary N) is 1. The second-order valence-corrected chi connectivity index (χ2v) is 11.8. The van der Waals surface area contributed by atoms with Crippen LogP contribution < -0.4 is 14.8 Å². The molecular formula is C21H24N2O4S4. The van der Waals surface area contributed by atoms with Gasteiger partial charge in [0.1, 0.15) is 4.32 Å². The lowest BCUT2D eigenvalue weighted by molar-refractivity contribution is -0.124. The normalized spacial score (nSPS) is 21.4. The number of thiocarbonyl (C=S) groups is 1. The molecule has 0 spiro atoms. The van der Waals surface area contributed by atoms with Gasteiger partial charge in [-0.2, -0.15) is 0 Å². The quantitative estimate of drug-likeness (QED) is 0.233. The number of fused-ring (bicyclic) bond motifs is 1. The number of nitrogens with zero attached hydrogens (tertiary/aromatic N) is 1. The van der Waals surface area contributed by atoms with E-state index >= 15 is 0 Å². The summed E-state index contributed by atoms with van der Waals surface area (Å²) in [6.45, 7) is 0.994. The van der Waals surface area contributed by atoms with Crippen molar-refractivity contribution >= 4 is 67.8 Å². The van der Waals surface area contributed by atoms with E-state index in [0.717, 1.165) is 23.7 Å². The summed E-state index contributed by atoms with van der Waals surface area (Å²) in [4.78, 5) is 26.9. The fourth-order valence-corrected chi connectivity index (χ4v) is 7.80. The summed E-state index contributed by atoms with van der Waals surface area (Å²) >= 11 is 6.65. The zero-order valence-electron chi connectivity index (χ0n) is 17.0. The molecule has 1 aromatic rings. The fraction of sp³-hybridized carbons (Fsp3) is 0.476. The highest BCUT2D eigenvalue weighted by Gasteiger charge is 2.31. The van der Waals surface area contributed by atoms with E-state index in [4.69, 9.17) is 21.7 Å². The van der Waals surface area contributed by atoms with Crippen molar-refractivity contribution in [3.05, 3.63) is 28.7 Å². The fourth-order valence-electron chi connectivity index (χ4n) is 3.46. The van der Waals surface area contributed by atoms with Gasteiger partial charge >= 0.3 is 0 Å². The molecule has 31 heavy (non-hydrogen) atoms. The molecule has 10 heteroatoms. The molecule has 2 saturated heterocycles. The number of benzene rings is 1. The zero-order valence-corrected chi connectivity index (χ0v) is 20.2. The second kappa shape index (κ2) is 11.0. The molecule has 4 rings (SSSR count). The first-order chi connectivity index (χ1) is 15.1. The molecular weight excluding hydrogens is 473 g/mol. The first kappa shape index (κ1) is 22.8. The third kappa shape index (κ3) is 6.12. The molecule has 166 valence electrons. The topological polar surface area (TPSA) is 67.9 Å². The van der Waals surface area contributed by atoms with Crippen LogP contribution in [0, 0.1) is 0 Å². The molecule has 3 aliphatic heterocycles. The van der Waals surface area contributed by atoms with Crippen LogP contribution in [0.15, 0.2) is 23.1 Å². The van der Waals surface area contributed by atoms with E-state index in [0.29, 0.717) is 40.2 Å². The van der Waals surface area contributed by atoms with Crippen molar-refractivity contribution in [2.24, 2.45) is 0 Å². The monoisotopic (exact) mass is 496 g/mol. The van der Waals surface area contributed by atoms with E-state index in [1.807, 2.05) is 39.8 Å². The number of unbranched alkanes of at least 4 members (excludes halogenated alkanes) is 1. The van der Waals surface area contributed by atoms with Gasteiger partial charge in [-0.25, -0.2) is 0 Å². The van der Waals surface area contributed by atoms with Crippen molar-refractivity contribution in [1.29, 1.82) is 0 Å². The minimum Gasteiger partial charge on any atom is -0.454 e. The number of thioether (sulfide) groups is 1. The number of amides is 2. The smallest absolute Gasteiger partial charge is 0.266 e. The lowest BCUT2D eigenvalue weighted by Crippen LogP contribution is -2.37. The van der Waals surface area contributed by atoms with Crippen LogP contribution in [-0.4, -0.2) is 51.9 Å². The third-order valence-corrected chi connectivity index (χ3v) is 9.52. The SMILES string of the molecule is O=C(CCCCC1CCSS1)NCCN1C(=O)/C(=C\c2ccc3c(c2)OCO3)SC1=S. The van der Waals surface area contributed by atoms with Crippen molar-refractivity contribution in [3.63, 3.8) is 0 Å². The van der Waals surface area contributed by atoms with Crippen molar-refractivity contribution in [3.8, 4) is 11.5 Å². The minimum absolute atomic E-state index is 0.0368. The Kier molecular flexibility index (Phi) is 8.08. The van der Waals surface area contributed by atoms with Gasteiger partial charge in [0.25, 0.3) is 5.91 Å². The Morgan fingerprint density at radius 1 is 1.29 bits per heavy atom. The molecule has 1 atom stereocenters. The summed E-state index contributed by atoms with van der Waals surface area (Å²) in [6.07, 6.45) is 6.82. The zero-order chi connectivity index (χ0) is 21.6. The van der Waals surface area contributed by atoms with Gasteiger partial charge in [0.2, 0.25) is 12.7 Å². The number of hydrogen-bond acceptors (Lipinski definition) is 8. The molecule has 1 N–H and O–H groups in total. The van der Waals surface area contributed by atoms with Crippen LogP contribution in [0.1, 0.15) is 37.7 Å². The van der Waals surface area contributed by atoms with Gasteiger partial charge in [-0.1, -0.05) is 58.1 Å². The van der Waals surface area contributed by atoms with Crippen LogP contribution in [-0.2, 0) is 9.59 Å². The van der Waals surface area contributed by atoms with Crippen LogP contribution in [0.2, 0.25) is 0 Å². The Morgan fingerprint density at radius 2 is 2.16 bits per heavy atom. The highest BCUT2D eigenvalue weighted by molar-refractivity contribution is 8.77. The third-order valence-electron chi connectivity index (χ3n) is 5.13. The average Bonchev–Trinajstić information content (AvgIpc) is 3.49. The minimum atomic E-state index is -0.131. The molecule has 1 unspecified atom stereocenters. The Hall–Kier alpha value is -1.36. The van der Waals surface area contributed by atoms with E-state index in [2.05, 4.69) is 5.32 Å². The lowest BCUT2D eigenvalue weighted by atomic mass is 10.1. The number of carbonyl (C=O) groups excluding carboxylic acids is 2. The summed E-state index contributed by atoms with van der Waals surface area (Å²) < 4.78 is 11.2. The Bertz CT molecular complexity index is 886. The number of ether oxygens (including phenoxy) is 2. The van der Waals surface area contributed by atoms with E-state index in [9.17, 15) is 9.59 Å². The Labute approximate surface area is 199 Å². The molecule has 1 aromatic carbocycles. The van der Waals surface area contributed by atoms with Gasteiger partial charge in [0, 0.05) is 30.5 Å². The Balaban J connectivity index is 1.20. The predicted octanol–water partition coefficient (Wildman–Crippen LogP) is 4.45. The largest absolute Gasteiger partial charge is 0.454 e. The van der Waals surface area contributed by atoms with Gasteiger partial charge in [0.15, 0.2) is 11.5 Å². The molecule has 2 amide bonds. The maximum atomic E-state index is 12.7. The lowest BCUT2D eigenvalue weighted by Gasteiger charge is -2.15. The molecule has 3 aliphatic rings. The highest BCUT2D eigenvalue weighted by Crippen LogP contribution is 2.40. The van der Waals surface area contributed by atoms with Crippen LogP contribution in [0.5, 0.6) is 11.5 Å². The summed E-state index contributed by atoms with van der Waals surface area (Å²) in [5, 5.41) is 3.67. The molecule has 6 nitrogen and oxygen atoms in total. The molecule has 0 saturated carbocycles.